The van der Waals surface area contributed by atoms with Crippen LogP contribution in [0, 0.1) is 30.3 Å². The van der Waals surface area contributed by atoms with E-state index in [9.17, 15) is 30.3 Å². The number of benzene rings is 3. The van der Waals surface area contributed by atoms with E-state index in [1.165, 1.54) is 36.5 Å². The highest BCUT2D eigenvalue weighted by molar-refractivity contribution is 5.81. The lowest BCUT2D eigenvalue weighted by Crippen LogP contribution is -1.99. The summed E-state index contributed by atoms with van der Waals surface area (Å²) >= 11 is 0. The fourth-order valence-electron chi connectivity index (χ4n) is 2.76. The van der Waals surface area contributed by atoms with Gasteiger partial charge in [0.25, 0.3) is 11.4 Å². The van der Waals surface area contributed by atoms with Gasteiger partial charge in [0.1, 0.15) is 0 Å². The Labute approximate surface area is 191 Å². The molecule has 3 aromatic carbocycles. The number of rotatable bonds is 10. The molecule has 0 radical (unpaired) electrons. The summed E-state index contributed by atoms with van der Waals surface area (Å²) in [6.07, 6.45) is 1.47. The van der Waals surface area contributed by atoms with E-state index in [0.717, 1.165) is 18.2 Å². The van der Waals surface area contributed by atoms with Crippen LogP contribution in [0.1, 0.15) is 12.5 Å². The summed E-state index contributed by atoms with van der Waals surface area (Å²) < 4.78 is 11.2. The van der Waals surface area contributed by atoms with Gasteiger partial charge < -0.3 is 9.47 Å². The van der Waals surface area contributed by atoms with Crippen LogP contribution in [0.15, 0.2) is 65.8 Å². The van der Waals surface area contributed by atoms with Crippen molar-refractivity contribution in [3.05, 3.63) is 96.6 Å². The van der Waals surface area contributed by atoms with Crippen molar-refractivity contribution in [2.24, 2.45) is 5.10 Å². The summed E-state index contributed by atoms with van der Waals surface area (Å²) in [4.78, 5) is 31.0. The number of nitro benzene ring substituents is 3. The first-order chi connectivity index (χ1) is 16.3. The minimum Gasteiger partial charge on any atom is -0.490 e. The van der Waals surface area contributed by atoms with Crippen LogP contribution in [0.2, 0.25) is 0 Å². The van der Waals surface area contributed by atoms with Gasteiger partial charge in [-0.1, -0.05) is 0 Å². The second-order valence-corrected chi connectivity index (χ2v) is 6.58. The van der Waals surface area contributed by atoms with E-state index in [1.807, 2.05) is 0 Å². The van der Waals surface area contributed by atoms with Crippen LogP contribution >= 0.6 is 0 Å². The van der Waals surface area contributed by atoms with Crippen molar-refractivity contribution >= 4 is 29.0 Å². The third-order valence-corrected chi connectivity index (χ3v) is 4.32. The monoisotopic (exact) mass is 467 g/mol. The molecule has 3 aromatic rings. The maximum absolute atomic E-state index is 11.4. The molecule has 0 fully saturated rings. The molecule has 0 saturated heterocycles. The number of hydrogen-bond acceptors (Lipinski definition) is 10. The van der Waals surface area contributed by atoms with Crippen LogP contribution in [0.25, 0.3) is 0 Å². The molecule has 0 aliphatic heterocycles. The number of nitro groups is 3. The van der Waals surface area contributed by atoms with Crippen LogP contribution in [-0.4, -0.2) is 27.6 Å². The van der Waals surface area contributed by atoms with E-state index in [-0.39, 0.29) is 29.5 Å². The van der Waals surface area contributed by atoms with Gasteiger partial charge in [-0.15, -0.1) is 0 Å². The van der Waals surface area contributed by atoms with Gasteiger partial charge in [-0.25, -0.2) is 0 Å². The molecule has 1 N–H and O–H groups in total. The number of anilines is 1. The van der Waals surface area contributed by atoms with Crippen molar-refractivity contribution in [1.82, 2.24) is 0 Å². The summed E-state index contributed by atoms with van der Waals surface area (Å²) in [5.41, 5.74) is 2.85. The maximum Gasteiger partial charge on any atom is 0.318 e. The highest BCUT2D eigenvalue weighted by Gasteiger charge is 2.22. The van der Waals surface area contributed by atoms with E-state index < -0.39 is 26.1 Å². The fraction of sp³-hybridized carbons (Fsp3) is 0.0952. The predicted molar refractivity (Wildman–Crippen MR) is 122 cm³/mol. The fourth-order valence-corrected chi connectivity index (χ4v) is 2.76. The van der Waals surface area contributed by atoms with Gasteiger partial charge in [0.15, 0.2) is 11.5 Å². The zero-order valence-corrected chi connectivity index (χ0v) is 17.6. The lowest BCUT2D eigenvalue weighted by atomic mass is 10.2. The maximum atomic E-state index is 11.4. The van der Waals surface area contributed by atoms with Gasteiger partial charge in [-0.2, -0.15) is 5.10 Å². The molecular weight excluding hydrogens is 450 g/mol. The first-order valence-electron chi connectivity index (χ1n) is 9.69. The summed E-state index contributed by atoms with van der Waals surface area (Å²) in [5, 5.41) is 37.0. The molecule has 0 saturated carbocycles. The number of nitrogens with zero attached hydrogens (tertiary/aromatic N) is 4. The van der Waals surface area contributed by atoms with Gasteiger partial charge in [-0.3, -0.25) is 35.8 Å². The number of ether oxygens (including phenoxy) is 2. The molecule has 0 aliphatic rings. The van der Waals surface area contributed by atoms with Crippen LogP contribution in [-0.2, 0) is 0 Å². The smallest absolute Gasteiger partial charge is 0.318 e. The molecule has 0 atom stereocenters. The standard InChI is InChI=1S/C21H17N5O8/c1-2-33-21-11-14(13-22-23-15-4-6-16(7-5-15)24(27)28)3-9-20(21)34-19-10-8-17(25(29)30)12-18(19)26(31)32/h3-13,23H,2H2,1H3/b22-13-. The average molecular weight is 467 g/mol. The molecule has 34 heavy (non-hydrogen) atoms. The third-order valence-electron chi connectivity index (χ3n) is 4.32. The Hall–Kier alpha value is -5.07. The summed E-state index contributed by atoms with van der Waals surface area (Å²) in [6.45, 7) is 2.02. The number of non-ortho nitro benzene ring substituents is 2. The van der Waals surface area contributed by atoms with Crippen LogP contribution < -0.4 is 14.9 Å². The van der Waals surface area contributed by atoms with Crippen molar-refractivity contribution < 1.29 is 24.2 Å². The Balaban J connectivity index is 1.80. The zero-order chi connectivity index (χ0) is 24.7. The Morgan fingerprint density at radius 1 is 0.824 bits per heavy atom. The second-order valence-electron chi connectivity index (χ2n) is 6.58. The van der Waals surface area contributed by atoms with E-state index in [1.54, 1.807) is 19.1 Å². The molecule has 0 bridgehead atoms. The highest BCUT2D eigenvalue weighted by atomic mass is 16.6. The Kier molecular flexibility index (Phi) is 7.28. The summed E-state index contributed by atoms with van der Waals surface area (Å²) in [7, 11) is 0. The number of hydrogen-bond donors (Lipinski definition) is 1. The normalized spacial score (nSPS) is 10.6. The van der Waals surface area contributed by atoms with Gasteiger partial charge in [0.2, 0.25) is 5.75 Å². The van der Waals surface area contributed by atoms with Crippen LogP contribution in [0.3, 0.4) is 0 Å². The molecule has 174 valence electrons. The quantitative estimate of drug-likeness (QED) is 0.243. The molecule has 13 nitrogen and oxygen atoms in total. The number of hydrazone groups is 1. The van der Waals surface area contributed by atoms with Crippen molar-refractivity contribution in [3.63, 3.8) is 0 Å². The second kappa shape index (κ2) is 10.5. The van der Waals surface area contributed by atoms with Crippen molar-refractivity contribution in [2.75, 3.05) is 12.0 Å². The van der Waals surface area contributed by atoms with E-state index >= 15 is 0 Å². The topological polar surface area (TPSA) is 172 Å². The van der Waals surface area contributed by atoms with Crippen LogP contribution in [0.4, 0.5) is 22.7 Å². The summed E-state index contributed by atoms with van der Waals surface area (Å²) in [6, 6.07) is 13.5. The highest BCUT2D eigenvalue weighted by Crippen LogP contribution is 2.38. The average Bonchev–Trinajstić information content (AvgIpc) is 2.81. The van der Waals surface area contributed by atoms with E-state index in [4.69, 9.17) is 9.47 Å². The lowest BCUT2D eigenvalue weighted by molar-refractivity contribution is -0.394. The van der Waals surface area contributed by atoms with Gasteiger partial charge in [0, 0.05) is 18.2 Å². The Bertz CT molecular complexity index is 1260. The largest absolute Gasteiger partial charge is 0.490 e. The number of nitrogens with one attached hydrogen (secondary N) is 1. The van der Waals surface area contributed by atoms with Gasteiger partial charge >= 0.3 is 5.69 Å². The molecule has 0 heterocycles. The van der Waals surface area contributed by atoms with Crippen LogP contribution in [0.5, 0.6) is 17.2 Å². The molecule has 0 amide bonds. The van der Waals surface area contributed by atoms with E-state index in [2.05, 4.69) is 10.5 Å². The Morgan fingerprint density at radius 3 is 2.09 bits per heavy atom. The lowest BCUT2D eigenvalue weighted by Gasteiger charge is -2.12. The first kappa shape index (κ1) is 23.6. The van der Waals surface area contributed by atoms with Crippen molar-refractivity contribution in [1.29, 1.82) is 0 Å². The minimum absolute atomic E-state index is 0.0419. The first-order valence-corrected chi connectivity index (χ1v) is 9.69. The van der Waals surface area contributed by atoms with E-state index in [0.29, 0.717) is 11.3 Å². The van der Waals surface area contributed by atoms with Gasteiger partial charge in [-0.05, 0) is 48.9 Å². The third kappa shape index (κ3) is 5.79. The Morgan fingerprint density at radius 2 is 1.47 bits per heavy atom. The molecule has 13 heteroatoms. The molecular formula is C21H17N5O8. The van der Waals surface area contributed by atoms with Crippen molar-refractivity contribution in [2.45, 2.75) is 6.92 Å². The van der Waals surface area contributed by atoms with Gasteiger partial charge in [0.05, 0.1) is 39.3 Å². The minimum atomic E-state index is -0.770. The molecule has 0 unspecified atom stereocenters. The van der Waals surface area contributed by atoms with Crippen molar-refractivity contribution in [3.8, 4) is 17.2 Å². The predicted octanol–water partition coefficient (Wildman–Crippen LogP) is 5.05. The molecule has 0 aliphatic carbocycles. The molecule has 0 spiro atoms. The zero-order valence-electron chi connectivity index (χ0n) is 17.6. The molecule has 0 aromatic heterocycles. The molecule has 3 rings (SSSR count). The SMILES string of the molecule is CCOc1cc(/C=N\Nc2ccc([N+](=O)[O-])cc2)ccc1Oc1ccc([N+](=O)[O-])cc1[N+](=O)[O-]. The summed E-state index contributed by atoms with van der Waals surface area (Å²) in [5.74, 6) is 0.256.